The molecule has 5 heteroatoms. The first-order valence-corrected chi connectivity index (χ1v) is 2.17. The van der Waals surface area contributed by atoms with Gasteiger partial charge in [0.25, 0.3) is 5.56 Å². The molecule has 4 radical (unpaired) electrons. The van der Waals surface area contributed by atoms with Crippen LogP contribution in [0, 0.1) is 13.2 Å². The Hall–Kier alpha value is -1.39. The summed E-state index contributed by atoms with van der Waals surface area (Å²) in [6.45, 7) is 0. The Bertz CT molecular complexity index is 314. The van der Waals surface area contributed by atoms with Gasteiger partial charge in [-0.25, -0.2) is 4.79 Å². The first-order valence-electron chi connectivity index (χ1n) is 2.17. The van der Waals surface area contributed by atoms with E-state index in [1.165, 1.54) is 0 Å². The summed E-state index contributed by atoms with van der Waals surface area (Å²) in [6, 6.07) is 0. The van der Waals surface area contributed by atoms with Gasteiger partial charge in [0, 0.05) is 13.6 Å². The quantitative estimate of drug-likeness (QED) is 0.502. The van der Waals surface area contributed by atoms with Gasteiger partial charge < -0.3 is 4.98 Å². The lowest BCUT2D eigenvalue weighted by Crippen LogP contribution is -2.23. The first kappa shape index (κ1) is 8.61. The highest BCUT2D eigenvalue weighted by Gasteiger charge is 1.93. The van der Waals surface area contributed by atoms with Crippen molar-refractivity contribution in [2.75, 3.05) is 0 Å². The van der Waals surface area contributed by atoms with Gasteiger partial charge in [0.05, 0.1) is 0 Å². The summed E-state index contributed by atoms with van der Waals surface area (Å²) in [4.78, 5) is 24.0. The summed E-state index contributed by atoms with van der Waals surface area (Å²) in [5, 5.41) is 0. The lowest BCUT2D eigenvalue weighted by molar-refractivity contribution is 0.597. The third-order valence-corrected chi connectivity index (χ3v) is 0.774. The summed E-state index contributed by atoms with van der Waals surface area (Å²) in [6.07, 6.45) is 0.709. The summed E-state index contributed by atoms with van der Waals surface area (Å²) >= 11 is 0. The van der Waals surface area contributed by atoms with Gasteiger partial charge >= 0.3 is 5.69 Å². The maximum atomic E-state index is 12.0. The highest BCUT2D eigenvalue weighted by Crippen LogP contribution is 1.74. The molecule has 0 saturated carbocycles. The van der Waals surface area contributed by atoms with Crippen LogP contribution >= 0.6 is 0 Å². The van der Waals surface area contributed by atoms with E-state index in [1.807, 2.05) is 4.98 Å². The average Bonchev–Trinajstić information content (AvgIpc) is 1.80. The number of H-pyrrole nitrogens is 2. The van der Waals surface area contributed by atoms with E-state index in [0.717, 1.165) is 0 Å². The molecule has 0 aliphatic carbocycles. The number of halogens is 1. The van der Waals surface area contributed by atoms with Crippen molar-refractivity contribution in [1.29, 1.82) is 0 Å². The van der Waals surface area contributed by atoms with Crippen molar-refractivity contribution in [2.45, 2.75) is 0 Å². The van der Waals surface area contributed by atoms with Crippen LogP contribution in [-0.2, 0) is 0 Å². The van der Waals surface area contributed by atoms with Crippen LogP contribution in [0.4, 0.5) is 4.39 Å². The van der Waals surface area contributed by atoms with E-state index in [-0.39, 0.29) is 7.43 Å². The normalized spacial score (nSPS) is 8.50. The summed E-state index contributed by atoms with van der Waals surface area (Å²) in [5.41, 5.74) is -1.71. The van der Waals surface area contributed by atoms with Crippen molar-refractivity contribution in [3.8, 4) is 0 Å². The number of aromatic nitrogens is 2. The highest BCUT2D eigenvalue weighted by atomic mass is 19.1. The highest BCUT2D eigenvalue weighted by molar-refractivity contribution is 4.83. The minimum absolute atomic E-state index is 0. The predicted octanol–water partition coefficient (Wildman–Crippen LogP) is -0.716. The minimum atomic E-state index is -1.00. The summed E-state index contributed by atoms with van der Waals surface area (Å²) < 4.78 is 12.0. The fourth-order valence-electron chi connectivity index (χ4n) is 0.393. The molecule has 1 aromatic rings. The molecule has 0 atom stereocenters. The Labute approximate surface area is 55.7 Å². The van der Waals surface area contributed by atoms with Crippen LogP contribution in [0.25, 0.3) is 0 Å². The molecule has 1 heterocycles. The zero-order valence-corrected chi connectivity index (χ0v) is 4.77. The minimum Gasteiger partial charge on any atom is -0.311 e. The number of rotatable bonds is 0. The van der Waals surface area contributed by atoms with Crippen molar-refractivity contribution in [1.82, 2.24) is 9.97 Å². The zero-order chi connectivity index (χ0) is 6.85. The van der Waals surface area contributed by atoms with Gasteiger partial charge in [0.2, 0.25) is 5.82 Å². The number of nitrogens with one attached hydrogen (secondary N) is 2. The molecular formula is C5H3FN2O2. The maximum absolute atomic E-state index is 12.0. The van der Waals surface area contributed by atoms with E-state index >= 15 is 0 Å². The van der Waals surface area contributed by atoms with Crippen molar-refractivity contribution in [3.63, 3.8) is 0 Å². The molecule has 0 fully saturated rings. The number of aromatic amines is 2. The lowest BCUT2D eigenvalue weighted by atomic mass is 10.6. The van der Waals surface area contributed by atoms with Gasteiger partial charge in [0.15, 0.2) is 0 Å². The molecule has 0 aliphatic heterocycles. The zero-order valence-electron chi connectivity index (χ0n) is 4.77. The molecule has 1 aromatic heterocycles. The second-order valence-corrected chi connectivity index (χ2v) is 1.42. The molecule has 0 spiro atoms. The maximum Gasteiger partial charge on any atom is 0.325 e. The van der Waals surface area contributed by atoms with Gasteiger partial charge in [-0.2, -0.15) is 4.39 Å². The Kier molecular flexibility index (Phi) is 2.54. The molecule has 4 nitrogen and oxygen atoms in total. The van der Waals surface area contributed by atoms with Crippen LogP contribution in [0.15, 0.2) is 15.8 Å². The first-order chi connectivity index (χ1) is 4.20. The fraction of sp³-hybridized carbons (Fsp3) is 0. The Balaban J connectivity index is 0.000000810. The molecule has 0 bridgehead atoms. The van der Waals surface area contributed by atoms with Crippen molar-refractivity contribution >= 4 is 0 Å². The van der Waals surface area contributed by atoms with Crippen molar-refractivity contribution in [2.24, 2.45) is 0 Å². The monoisotopic (exact) mass is 142 g/mol. The van der Waals surface area contributed by atoms with Crippen LogP contribution in [-0.4, -0.2) is 9.97 Å². The second-order valence-electron chi connectivity index (χ2n) is 1.42. The third kappa shape index (κ3) is 1.54. The van der Waals surface area contributed by atoms with Crippen LogP contribution < -0.4 is 11.2 Å². The van der Waals surface area contributed by atoms with E-state index in [1.54, 1.807) is 4.98 Å². The molecule has 10 heavy (non-hydrogen) atoms. The topological polar surface area (TPSA) is 65.7 Å². The van der Waals surface area contributed by atoms with Gasteiger partial charge in [-0.1, -0.05) is 0 Å². The lowest BCUT2D eigenvalue weighted by Gasteiger charge is -1.81. The largest absolute Gasteiger partial charge is 0.325 e. The van der Waals surface area contributed by atoms with Crippen molar-refractivity contribution < 1.29 is 4.39 Å². The van der Waals surface area contributed by atoms with Gasteiger partial charge in [-0.3, -0.25) is 9.78 Å². The molecule has 0 saturated heterocycles. The SMILES string of the molecule is O=c1[nH]cc(F)c(=O)[nH]1.[C]. The van der Waals surface area contributed by atoms with Crippen LogP contribution in [0.1, 0.15) is 0 Å². The molecule has 52 valence electrons. The van der Waals surface area contributed by atoms with Crippen LogP contribution in [0.3, 0.4) is 0 Å². The smallest absolute Gasteiger partial charge is 0.311 e. The van der Waals surface area contributed by atoms with E-state index < -0.39 is 17.1 Å². The van der Waals surface area contributed by atoms with Gasteiger partial charge in [-0.05, 0) is 0 Å². The van der Waals surface area contributed by atoms with E-state index in [9.17, 15) is 14.0 Å². The van der Waals surface area contributed by atoms with Gasteiger partial charge in [-0.15, -0.1) is 0 Å². The molecule has 0 aromatic carbocycles. The third-order valence-electron chi connectivity index (χ3n) is 0.774. The molecule has 1 rings (SSSR count). The molecule has 0 amide bonds. The summed E-state index contributed by atoms with van der Waals surface area (Å²) in [7, 11) is 0. The number of hydrogen-bond acceptors (Lipinski definition) is 2. The predicted molar refractivity (Wildman–Crippen MR) is 30.9 cm³/mol. The van der Waals surface area contributed by atoms with E-state index in [0.29, 0.717) is 6.20 Å². The Morgan fingerprint density at radius 3 is 2.40 bits per heavy atom. The second kappa shape index (κ2) is 2.95. The van der Waals surface area contributed by atoms with Crippen molar-refractivity contribution in [3.05, 3.63) is 40.3 Å². The fourth-order valence-corrected chi connectivity index (χ4v) is 0.393. The van der Waals surface area contributed by atoms with E-state index in [4.69, 9.17) is 0 Å². The molecule has 0 unspecified atom stereocenters. The van der Waals surface area contributed by atoms with E-state index in [2.05, 4.69) is 0 Å². The molecule has 2 N–H and O–H groups in total. The molecule has 0 aliphatic rings. The number of hydrogen-bond donors (Lipinski definition) is 2. The molecular weight excluding hydrogens is 139 g/mol. The van der Waals surface area contributed by atoms with Crippen LogP contribution in [0.2, 0.25) is 0 Å². The average molecular weight is 142 g/mol. The summed E-state index contributed by atoms with van der Waals surface area (Å²) in [5.74, 6) is -0.991. The van der Waals surface area contributed by atoms with Crippen LogP contribution in [0.5, 0.6) is 0 Å². The Morgan fingerprint density at radius 1 is 1.40 bits per heavy atom. The van der Waals surface area contributed by atoms with Gasteiger partial charge in [0.1, 0.15) is 0 Å². The standard InChI is InChI=1S/C4H3FN2O2.C/c5-2-1-6-4(9)7-3(2)8;/h1H,(H2,6,7,8,9);. The Morgan fingerprint density at radius 2 is 2.00 bits per heavy atom.